The molecule has 1 aromatic heterocycles. The minimum atomic E-state index is -0.564. The van der Waals surface area contributed by atoms with Crippen molar-refractivity contribution in [3.05, 3.63) is 72.0 Å². The SMILES string of the molecule is Cn1ccc(=O)n(Cc2cc([N+](=O)[O-])ccc2Cl)c1=O. The van der Waals surface area contributed by atoms with Crippen LogP contribution < -0.4 is 11.2 Å². The van der Waals surface area contributed by atoms with Crippen LogP contribution in [0.2, 0.25) is 5.02 Å². The summed E-state index contributed by atoms with van der Waals surface area (Å²) in [7, 11) is 1.51. The standard InChI is InChI=1S/C12H10ClN3O4/c1-14-5-4-11(17)15(12(14)18)7-8-6-9(16(19)20)2-3-10(8)13/h2-6H,7H2,1H3. The lowest BCUT2D eigenvalue weighted by Gasteiger charge is -2.08. The highest BCUT2D eigenvalue weighted by Crippen LogP contribution is 2.22. The van der Waals surface area contributed by atoms with Crippen LogP contribution in [0.5, 0.6) is 0 Å². The second-order valence-corrected chi connectivity index (χ2v) is 4.57. The first kappa shape index (κ1) is 14.0. The number of rotatable bonds is 3. The highest BCUT2D eigenvalue weighted by Gasteiger charge is 2.12. The lowest BCUT2D eigenvalue weighted by atomic mass is 10.2. The maximum atomic E-state index is 11.9. The molecule has 0 spiro atoms. The maximum absolute atomic E-state index is 11.9. The number of nitrogens with zero attached hydrogens (tertiary/aromatic N) is 3. The van der Waals surface area contributed by atoms with Crippen LogP contribution in [0.4, 0.5) is 5.69 Å². The van der Waals surface area contributed by atoms with Gasteiger partial charge in [-0.3, -0.25) is 19.5 Å². The molecule has 7 nitrogen and oxygen atoms in total. The molecule has 0 unspecified atom stereocenters. The molecule has 0 atom stereocenters. The number of hydrogen-bond acceptors (Lipinski definition) is 4. The molecule has 2 aromatic rings. The summed E-state index contributed by atoms with van der Waals surface area (Å²) >= 11 is 5.95. The van der Waals surface area contributed by atoms with Crippen LogP contribution in [0, 0.1) is 10.1 Å². The molecule has 0 bridgehead atoms. The molecule has 1 heterocycles. The normalized spacial score (nSPS) is 10.5. The zero-order chi connectivity index (χ0) is 14.9. The Bertz CT molecular complexity index is 794. The molecule has 8 heteroatoms. The van der Waals surface area contributed by atoms with E-state index in [0.717, 1.165) is 4.57 Å². The lowest BCUT2D eigenvalue weighted by Crippen LogP contribution is -2.38. The molecule has 0 aliphatic carbocycles. The average Bonchev–Trinajstić information content (AvgIpc) is 2.41. The van der Waals surface area contributed by atoms with E-state index < -0.39 is 16.2 Å². The maximum Gasteiger partial charge on any atom is 0.331 e. The number of hydrogen-bond donors (Lipinski definition) is 0. The van der Waals surface area contributed by atoms with Crippen LogP contribution in [0.3, 0.4) is 0 Å². The molecule has 0 N–H and O–H groups in total. The van der Waals surface area contributed by atoms with Gasteiger partial charge in [-0.05, 0) is 11.6 Å². The Kier molecular flexibility index (Phi) is 3.71. The Labute approximate surface area is 117 Å². The Hall–Kier alpha value is -2.41. The zero-order valence-corrected chi connectivity index (χ0v) is 11.2. The molecule has 104 valence electrons. The van der Waals surface area contributed by atoms with Crippen molar-refractivity contribution < 1.29 is 4.92 Å². The van der Waals surface area contributed by atoms with Gasteiger partial charge in [0, 0.05) is 36.5 Å². The fourth-order valence-electron chi connectivity index (χ4n) is 1.73. The minimum Gasteiger partial charge on any atom is -0.303 e. The summed E-state index contributed by atoms with van der Waals surface area (Å²) < 4.78 is 2.21. The Morgan fingerprint density at radius 2 is 2.00 bits per heavy atom. The van der Waals surface area contributed by atoms with E-state index in [9.17, 15) is 19.7 Å². The number of non-ortho nitro benzene ring substituents is 1. The third-order valence-electron chi connectivity index (χ3n) is 2.81. The monoisotopic (exact) mass is 295 g/mol. The first-order chi connectivity index (χ1) is 9.40. The quantitative estimate of drug-likeness (QED) is 0.628. The van der Waals surface area contributed by atoms with E-state index in [2.05, 4.69) is 0 Å². The Morgan fingerprint density at radius 1 is 1.30 bits per heavy atom. The number of aromatic nitrogens is 2. The highest BCUT2D eigenvalue weighted by molar-refractivity contribution is 6.31. The first-order valence-corrected chi connectivity index (χ1v) is 5.97. The van der Waals surface area contributed by atoms with Crippen LogP contribution in [0.25, 0.3) is 0 Å². The summed E-state index contributed by atoms with van der Waals surface area (Å²) in [5, 5.41) is 11.0. The largest absolute Gasteiger partial charge is 0.331 e. The number of aryl methyl sites for hydroxylation is 1. The van der Waals surface area contributed by atoms with Crippen molar-refractivity contribution in [3.8, 4) is 0 Å². The summed E-state index contributed by atoms with van der Waals surface area (Å²) in [6, 6.07) is 5.12. The highest BCUT2D eigenvalue weighted by atomic mass is 35.5. The van der Waals surface area contributed by atoms with Gasteiger partial charge in [0.2, 0.25) is 0 Å². The van der Waals surface area contributed by atoms with Crippen LogP contribution >= 0.6 is 11.6 Å². The minimum absolute atomic E-state index is 0.118. The molecule has 2 rings (SSSR count). The van der Waals surface area contributed by atoms with E-state index >= 15 is 0 Å². The van der Waals surface area contributed by atoms with Gasteiger partial charge in [0.25, 0.3) is 11.2 Å². The van der Waals surface area contributed by atoms with Gasteiger partial charge in [-0.1, -0.05) is 11.6 Å². The fraction of sp³-hybridized carbons (Fsp3) is 0.167. The molecule has 0 fully saturated rings. The van der Waals surface area contributed by atoms with Gasteiger partial charge in [0.15, 0.2) is 0 Å². The van der Waals surface area contributed by atoms with Gasteiger partial charge in [-0.25, -0.2) is 4.79 Å². The smallest absolute Gasteiger partial charge is 0.303 e. The number of nitro benzene ring substituents is 1. The van der Waals surface area contributed by atoms with E-state index in [-0.39, 0.29) is 17.3 Å². The van der Waals surface area contributed by atoms with Crippen molar-refractivity contribution in [3.63, 3.8) is 0 Å². The molecular formula is C12H10ClN3O4. The van der Waals surface area contributed by atoms with Crippen molar-refractivity contribution in [1.29, 1.82) is 0 Å². The van der Waals surface area contributed by atoms with E-state index in [1.807, 2.05) is 0 Å². The number of halogens is 1. The third kappa shape index (κ3) is 2.62. The second kappa shape index (κ2) is 5.30. The molecule has 20 heavy (non-hydrogen) atoms. The van der Waals surface area contributed by atoms with Gasteiger partial charge in [0.1, 0.15) is 0 Å². The van der Waals surface area contributed by atoms with Crippen molar-refractivity contribution in [2.75, 3.05) is 0 Å². The van der Waals surface area contributed by atoms with Crippen LogP contribution in [-0.2, 0) is 13.6 Å². The van der Waals surface area contributed by atoms with Crippen LogP contribution in [0.1, 0.15) is 5.56 Å². The van der Waals surface area contributed by atoms with E-state index in [0.29, 0.717) is 5.56 Å². The Balaban J connectivity index is 2.53. The van der Waals surface area contributed by atoms with E-state index in [4.69, 9.17) is 11.6 Å². The van der Waals surface area contributed by atoms with E-state index in [1.165, 1.54) is 42.1 Å². The molecule has 0 aliphatic heterocycles. The summed E-state index contributed by atoms with van der Waals surface area (Å²) in [5.74, 6) is 0. The van der Waals surface area contributed by atoms with Crippen LogP contribution in [-0.4, -0.2) is 14.1 Å². The molecule has 0 amide bonds. The van der Waals surface area contributed by atoms with Crippen molar-refractivity contribution in [1.82, 2.24) is 9.13 Å². The predicted octanol–water partition coefficient (Wildman–Crippen LogP) is 1.16. The number of nitro groups is 1. The van der Waals surface area contributed by atoms with Gasteiger partial charge < -0.3 is 4.57 Å². The predicted molar refractivity (Wildman–Crippen MR) is 73.2 cm³/mol. The topological polar surface area (TPSA) is 87.1 Å². The zero-order valence-electron chi connectivity index (χ0n) is 10.4. The van der Waals surface area contributed by atoms with Crippen LogP contribution in [0.15, 0.2) is 40.1 Å². The molecule has 0 aliphatic rings. The van der Waals surface area contributed by atoms with Gasteiger partial charge in [-0.2, -0.15) is 0 Å². The Morgan fingerprint density at radius 3 is 2.65 bits per heavy atom. The first-order valence-electron chi connectivity index (χ1n) is 5.59. The van der Waals surface area contributed by atoms with Crippen molar-refractivity contribution in [2.45, 2.75) is 6.54 Å². The lowest BCUT2D eigenvalue weighted by molar-refractivity contribution is -0.384. The summed E-state index contributed by atoms with van der Waals surface area (Å²) in [6.07, 6.45) is 1.36. The average molecular weight is 296 g/mol. The number of benzene rings is 1. The van der Waals surface area contributed by atoms with Gasteiger partial charge in [-0.15, -0.1) is 0 Å². The molecule has 0 radical (unpaired) electrons. The van der Waals surface area contributed by atoms with E-state index in [1.54, 1.807) is 0 Å². The fourth-order valence-corrected chi connectivity index (χ4v) is 1.90. The summed E-state index contributed by atoms with van der Waals surface area (Å²) in [6.45, 7) is -0.118. The molecule has 0 saturated carbocycles. The second-order valence-electron chi connectivity index (χ2n) is 4.17. The van der Waals surface area contributed by atoms with Gasteiger partial charge >= 0.3 is 5.69 Å². The van der Waals surface area contributed by atoms with Crippen molar-refractivity contribution >= 4 is 17.3 Å². The summed E-state index contributed by atoms with van der Waals surface area (Å²) in [4.78, 5) is 33.7. The summed E-state index contributed by atoms with van der Waals surface area (Å²) in [5.41, 5.74) is -0.813. The molecule has 1 aromatic carbocycles. The third-order valence-corrected chi connectivity index (χ3v) is 3.18. The van der Waals surface area contributed by atoms with Gasteiger partial charge in [0.05, 0.1) is 11.5 Å². The molecular weight excluding hydrogens is 286 g/mol. The van der Waals surface area contributed by atoms with Crippen molar-refractivity contribution in [2.24, 2.45) is 7.05 Å². The molecule has 0 saturated heterocycles.